The largest absolute Gasteiger partial charge is 0.450 e. The van der Waals surface area contributed by atoms with Gasteiger partial charge in [0, 0.05) is 21.1 Å². The van der Waals surface area contributed by atoms with E-state index < -0.39 is 28.5 Å². The molecule has 4 rings (SSSR count). The molecule has 0 heterocycles. The molecular formula is C28H29F3O4S4. The van der Waals surface area contributed by atoms with Gasteiger partial charge in [-0.15, -0.1) is 35.3 Å². The van der Waals surface area contributed by atoms with Gasteiger partial charge in [0.05, 0.1) is 5.75 Å². The van der Waals surface area contributed by atoms with E-state index in [0.29, 0.717) is 16.7 Å². The van der Waals surface area contributed by atoms with Crippen molar-refractivity contribution in [2.24, 2.45) is 0 Å². The van der Waals surface area contributed by atoms with Crippen LogP contribution in [0.5, 0.6) is 0 Å². The number of carbonyl (C=O) groups excluding carboxylic acids is 1. The van der Waals surface area contributed by atoms with E-state index in [1.807, 2.05) is 19.1 Å². The molecule has 0 unspecified atom stereocenters. The fraction of sp³-hybridized carbons (Fsp3) is 0.393. The highest BCUT2D eigenvalue weighted by atomic mass is 32.2. The molecular weight excluding hydrogens is 586 g/mol. The third-order valence-corrected chi connectivity index (χ3v) is 10.7. The number of hydrogen-bond acceptors (Lipinski definition) is 6. The van der Waals surface area contributed by atoms with Crippen molar-refractivity contribution >= 4 is 83.5 Å². The highest BCUT2D eigenvalue weighted by molar-refractivity contribution is 8.00. The van der Waals surface area contributed by atoms with Gasteiger partial charge < -0.3 is 0 Å². The van der Waals surface area contributed by atoms with Crippen molar-refractivity contribution < 1.29 is 30.9 Å². The zero-order chi connectivity index (χ0) is 28.4. The van der Waals surface area contributed by atoms with Gasteiger partial charge in [-0.2, -0.15) is 21.6 Å². The fourth-order valence-corrected chi connectivity index (χ4v) is 8.32. The molecule has 0 saturated heterocycles. The first-order valence-corrected chi connectivity index (χ1v) is 17.2. The van der Waals surface area contributed by atoms with Gasteiger partial charge in [-0.1, -0.05) is 38.1 Å². The number of carbonyl (C=O) groups is 1. The molecule has 0 atom stereocenters. The predicted octanol–water partition coefficient (Wildman–Crippen LogP) is 8.63. The van der Waals surface area contributed by atoms with Gasteiger partial charge in [-0.3, -0.25) is 9.35 Å². The standard InChI is InChI=1S/C28H29F3O4S4/c1-3-10-36-22-14-17(15-25(32)28(29,30)31)18-6-7-20-24(38-12-5-13-39(33,34)35)16-23(37-11-4-2)21-9-8-19(22)26(18)27(20)21/h6-9,14,16H,3-5,10-13,15H2,1-2H3,(H,33,34,35). The Morgan fingerprint density at radius 2 is 1.26 bits per heavy atom. The minimum atomic E-state index is -4.91. The Morgan fingerprint density at radius 1 is 0.795 bits per heavy atom. The van der Waals surface area contributed by atoms with Crippen molar-refractivity contribution in [1.82, 2.24) is 0 Å². The summed E-state index contributed by atoms with van der Waals surface area (Å²) in [7, 11) is -4.05. The minimum absolute atomic E-state index is 0.282. The van der Waals surface area contributed by atoms with E-state index in [1.165, 1.54) is 11.8 Å². The summed E-state index contributed by atoms with van der Waals surface area (Å²) in [5.74, 6) is 0.0731. The SMILES string of the molecule is CCCSc1cc(CC(=O)C(F)(F)F)c2ccc3c(SCCCS(=O)(=O)O)cc(SCCC)c4ccc1c2c43. The Kier molecular flexibility index (Phi) is 9.69. The van der Waals surface area contributed by atoms with E-state index in [2.05, 4.69) is 19.1 Å². The molecule has 0 amide bonds. The second kappa shape index (κ2) is 12.5. The van der Waals surface area contributed by atoms with Crippen molar-refractivity contribution in [2.75, 3.05) is 23.0 Å². The van der Waals surface area contributed by atoms with Gasteiger partial charge in [-0.25, -0.2) is 0 Å². The van der Waals surface area contributed by atoms with Crippen LogP contribution in [0.25, 0.3) is 32.3 Å². The molecule has 0 aliphatic carbocycles. The number of ketones is 1. The number of benzene rings is 4. The molecule has 4 aromatic rings. The second-order valence-corrected chi connectivity index (χ2v) is 14.2. The average Bonchev–Trinajstić information content (AvgIpc) is 2.87. The van der Waals surface area contributed by atoms with E-state index in [-0.39, 0.29) is 12.2 Å². The van der Waals surface area contributed by atoms with Crippen molar-refractivity contribution in [3.8, 4) is 0 Å². The molecule has 1 N–H and O–H groups in total. The highest BCUT2D eigenvalue weighted by Crippen LogP contribution is 2.46. The van der Waals surface area contributed by atoms with Crippen molar-refractivity contribution in [1.29, 1.82) is 0 Å². The summed E-state index contributed by atoms with van der Waals surface area (Å²) < 4.78 is 71.3. The first-order valence-electron chi connectivity index (χ1n) is 12.7. The molecule has 0 spiro atoms. The lowest BCUT2D eigenvalue weighted by molar-refractivity contribution is -0.170. The van der Waals surface area contributed by atoms with Gasteiger partial charge >= 0.3 is 6.18 Å². The predicted molar refractivity (Wildman–Crippen MR) is 159 cm³/mol. The Balaban J connectivity index is 1.96. The molecule has 11 heteroatoms. The van der Waals surface area contributed by atoms with Crippen LogP contribution in [-0.4, -0.2) is 47.9 Å². The molecule has 0 fully saturated rings. The molecule has 0 aliphatic heterocycles. The zero-order valence-electron chi connectivity index (χ0n) is 21.6. The Labute approximate surface area is 238 Å². The van der Waals surface area contributed by atoms with Crippen LogP contribution < -0.4 is 0 Å². The average molecular weight is 615 g/mol. The number of halogens is 3. The van der Waals surface area contributed by atoms with Gasteiger partial charge in [0.1, 0.15) is 0 Å². The van der Waals surface area contributed by atoms with E-state index in [4.69, 9.17) is 4.55 Å². The van der Waals surface area contributed by atoms with Crippen LogP contribution in [0.15, 0.2) is 51.1 Å². The first kappa shape index (κ1) is 30.3. The third-order valence-electron chi connectivity index (χ3n) is 6.27. The maximum absolute atomic E-state index is 13.3. The van der Waals surface area contributed by atoms with Gasteiger partial charge in [0.15, 0.2) is 0 Å². The van der Waals surface area contributed by atoms with Crippen molar-refractivity contribution in [3.05, 3.63) is 42.0 Å². The quantitative estimate of drug-likeness (QED) is 0.0700. The number of thioether (sulfide) groups is 3. The molecule has 39 heavy (non-hydrogen) atoms. The van der Waals surface area contributed by atoms with Crippen LogP contribution in [0.3, 0.4) is 0 Å². The smallest absolute Gasteiger partial charge is 0.289 e. The summed E-state index contributed by atoms with van der Waals surface area (Å²) in [6, 6.07) is 11.6. The van der Waals surface area contributed by atoms with Crippen LogP contribution in [-0.2, 0) is 21.3 Å². The fourth-order valence-electron chi connectivity index (χ4n) is 4.59. The number of Topliss-reactive ketones (excluding diaryl/α,β-unsaturated/α-hetero) is 1. The van der Waals surface area contributed by atoms with Crippen LogP contribution in [0, 0.1) is 0 Å². The van der Waals surface area contributed by atoms with Crippen molar-refractivity contribution in [2.45, 2.75) is 60.4 Å². The maximum atomic E-state index is 13.3. The molecule has 0 aromatic heterocycles. The van der Waals surface area contributed by atoms with E-state index >= 15 is 0 Å². The molecule has 0 radical (unpaired) electrons. The number of rotatable bonds is 13. The second-order valence-electron chi connectivity index (χ2n) is 9.26. The highest BCUT2D eigenvalue weighted by Gasteiger charge is 2.38. The van der Waals surface area contributed by atoms with Crippen LogP contribution in [0.1, 0.15) is 38.7 Å². The zero-order valence-corrected chi connectivity index (χ0v) is 24.8. The monoisotopic (exact) mass is 614 g/mol. The maximum Gasteiger partial charge on any atom is 0.450 e. The molecule has 4 aromatic carbocycles. The third kappa shape index (κ3) is 6.98. The molecule has 210 valence electrons. The van der Waals surface area contributed by atoms with Gasteiger partial charge in [0.25, 0.3) is 10.1 Å². The van der Waals surface area contributed by atoms with E-state index in [0.717, 1.165) is 66.0 Å². The summed E-state index contributed by atoms with van der Waals surface area (Å²) in [5, 5.41) is 5.34. The number of alkyl halides is 3. The summed E-state index contributed by atoms with van der Waals surface area (Å²) >= 11 is 4.79. The lowest BCUT2D eigenvalue weighted by atomic mass is 9.90. The van der Waals surface area contributed by atoms with E-state index in [1.54, 1.807) is 35.7 Å². The molecule has 0 bridgehead atoms. The van der Waals surface area contributed by atoms with Crippen LogP contribution in [0.4, 0.5) is 13.2 Å². The lowest BCUT2D eigenvalue weighted by Crippen LogP contribution is -2.24. The Hall–Kier alpha value is -1.66. The minimum Gasteiger partial charge on any atom is -0.289 e. The topological polar surface area (TPSA) is 71.4 Å². The van der Waals surface area contributed by atoms with Gasteiger partial charge in [-0.05, 0) is 86.5 Å². The molecule has 4 nitrogen and oxygen atoms in total. The van der Waals surface area contributed by atoms with E-state index in [9.17, 15) is 26.4 Å². The lowest BCUT2D eigenvalue weighted by Gasteiger charge is -2.20. The van der Waals surface area contributed by atoms with Crippen LogP contribution >= 0.6 is 35.3 Å². The summed E-state index contributed by atoms with van der Waals surface area (Å²) in [6.07, 6.45) is -3.48. The Bertz CT molecular complexity index is 1600. The summed E-state index contributed by atoms with van der Waals surface area (Å²) in [5.41, 5.74) is 0.367. The normalized spacial score (nSPS) is 12.8. The molecule has 0 saturated carbocycles. The Morgan fingerprint density at radius 3 is 1.74 bits per heavy atom. The number of hydrogen-bond donors (Lipinski definition) is 1. The summed E-state index contributed by atoms with van der Waals surface area (Å²) in [4.78, 5) is 14.9. The first-order chi connectivity index (χ1) is 18.4. The molecule has 0 aliphatic rings. The summed E-state index contributed by atoms with van der Waals surface area (Å²) in [6.45, 7) is 4.13. The van der Waals surface area contributed by atoms with Crippen LogP contribution in [0.2, 0.25) is 0 Å². The van der Waals surface area contributed by atoms with Crippen molar-refractivity contribution in [3.63, 3.8) is 0 Å². The van der Waals surface area contributed by atoms with Gasteiger partial charge in [0.2, 0.25) is 5.78 Å².